The summed E-state index contributed by atoms with van der Waals surface area (Å²) in [6, 6.07) is 12.0. The molecule has 0 heterocycles. The van der Waals surface area contributed by atoms with Crippen LogP contribution in [0.15, 0.2) is 47.4 Å². The third-order valence-electron chi connectivity index (χ3n) is 3.40. The second-order valence-corrected chi connectivity index (χ2v) is 6.62. The van der Waals surface area contributed by atoms with E-state index in [0.29, 0.717) is 18.0 Å². The van der Waals surface area contributed by atoms with Crippen molar-refractivity contribution in [3.8, 4) is 11.5 Å². The topological polar surface area (TPSA) is 47.6 Å². The Kier molecular flexibility index (Phi) is 7.60. The number of amides is 1. The molecule has 134 valence electrons. The van der Waals surface area contributed by atoms with Gasteiger partial charge in [0.1, 0.15) is 5.82 Å². The van der Waals surface area contributed by atoms with Gasteiger partial charge in [-0.05, 0) is 61.1 Å². The van der Waals surface area contributed by atoms with E-state index in [2.05, 4.69) is 5.32 Å². The molecule has 1 amide bonds. The maximum atomic E-state index is 12.8. The minimum atomic E-state index is -0.234. The third-order valence-corrected chi connectivity index (χ3v) is 4.50. The van der Waals surface area contributed by atoms with E-state index in [1.807, 2.05) is 19.1 Å². The lowest BCUT2D eigenvalue weighted by Crippen LogP contribution is -2.30. The Morgan fingerprint density at radius 1 is 1.16 bits per heavy atom. The Hall–Kier alpha value is -2.21. The van der Waals surface area contributed by atoms with Crippen molar-refractivity contribution < 1.29 is 18.7 Å². The third kappa shape index (κ3) is 6.66. The van der Waals surface area contributed by atoms with Crippen molar-refractivity contribution in [1.29, 1.82) is 0 Å². The first-order valence-electron chi connectivity index (χ1n) is 8.01. The predicted octanol–water partition coefficient (Wildman–Crippen LogP) is 3.82. The molecule has 0 saturated carbocycles. The summed E-state index contributed by atoms with van der Waals surface area (Å²) in [5, 5.41) is 2.82. The lowest BCUT2D eigenvalue weighted by molar-refractivity contribution is -0.123. The molecule has 0 bridgehead atoms. The van der Waals surface area contributed by atoms with Crippen molar-refractivity contribution in [2.75, 3.05) is 26.0 Å². The van der Waals surface area contributed by atoms with E-state index in [9.17, 15) is 9.18 Å². The van der Waals surface area contributed by atoms with Crippen molar-refractivity contribution >= 4 is 17.7 Å². The molecule has 0 fully saturated rings. The number of thioether (sulfide) groups is 1. The average Bonchev–Trinajstić information content (AvgIpc) is 2.61. The van der Waals surface area contributed by atoms with Crippen LogP contribution >= 0.6 is 11.8 Å². The molecular weight excluding hydrogens is 341 g/mol. The van der Waals surface area contributed by atoms with E-state index in [0.717, 1.165) is 22.6 Å². The van der Waals surface area contributed by atoms with Gasteiger partial charge in [0, 0.05) is 11.4 Å². The fraction of sp³-hybridized carbons (Fsp3) is 0.316. The summed E-state index contributed by atoms with van der Waals surface area (Å²) in [5.74, 6) is 1.60. The fourth-order valence-corrected chi connectivity index (χ4v) is 2.96. The second kappa shape index (κ2) is 9.93. The van der Waals surface area contributed by atoms with Crippen LogP contribution in [0, 0.1) is 12.7 Å². The van der Waals surface area contributed by atoms with Crippen LogP contribution in [0.3, 0.4) is 0 Å². The molecule has 4 nitrogen and oxygen atoms in total. The standard InChI is InChI=1S/C19H22FNO3S/c1-14-4-9-17(18(12-14)23-2)24-13-19(22)21-10-3-11-25-16-7-5-15(20)6-8-16/h4-9,12H,3,10-11,13H2,1-2H3,(H,21,22). The number of carbonyl (C=O) groups is 1. The van der Waals surface area contributed by atoms with Crippen LogP contribution < -0.4 is 14.8 Å². The van der Waals surface area contributed by atoms with Gasteiger partial charge in [-0.25, -0.2) is 4.39 Å². The number of ether oxygens (including phenoxy) is 2. The minimum absolute atomic E-state index is 0.0511. The number of nitrogens with one attached hydrogen (secondary N) is 1. The first-order chi connectivity index (χ1) is 12.1. The van der Waals surface area contributed by atoms with Gasteiger partial charge in [0.15, 0.2) is 18.1 Å². The van der Waals surface area contributed by atoms with Crippen molar-refractivity contribution in [3.63, 3.8) is 0 Å². The summed E-state index contributed by atoms with van der Waals surface area (Å²) in [7, 11) is 1.57. The van der Waals surface area contributed by atoms with Crippen LogP contribution in [0.4, 0.5) is 4.39 Å². The molecule has 0 saturated heterocycles. The quantitative estimate of drug-likeness (QED) is 0.543. The molecule has 2 aromatic carbocycles. The average molecular weight is 363 g/mol. The van der Waals surface area contributed by atoms with E-state index in [1.54, 1.807) is 37.1 Å². The Morgan fingerprint density at radius 2 is 1.92 bits per heavy atom. The number of benzene rings is 2. The monoisotopic (exact) mass is 363 g/mol. The number of hydrogen-bond acceptors (Lipinski definition) is 4. The van der Waals surface area contributed by atoms with E-state index in [-0.39, 0.29) is 18.3 Å². The summed E-state index contributed by atoms with van der Waals surface area (Å²) in [4.78, 5) is 12.8. The number of carbonyl (C=O) groups excluding carboxylic acids is 1. The molecule has 25 heavy (non-hydrogen) atoms. The molecule has 6 heteroatoms. The number of halogens is 1. The van der Waals surface area contributed by atoms with Gasteiger partial charge in [-0.1, -0.05) is 6.07 Å². The first-order valence-corrected chi connectivity index (χ1v) is 8.99. The summed E-state index contributed by atoms with van der Waals surface area (Å²) in [6.07, 6.45) is 0.821. The van der Waals surface area contributed by atoms with E-state index in [4.69, 9.17) is 9.47 Å². The first kappa shape index (κ1) is 19.1. The molecule has 0 atom stereocenters. The molecule has 0 radical (unpaired) electrons. The highest BCUT2D eigenvalue weighted by Crippen LogP contribution is 2.27. The van der Waals surface area contributed by atoms with Gasteiger partial charge >= 0.3 is 0 Å². The Morgan fingerprint density at radius 3 is 2.64 bits per heavy atom. The molecule has 2 aromatic rings. The summed E-state index contributed by atoms with van der Waals surface area (Å²) >= 11 is 1.63. The van der Waals surface area contributed by atoms with Crippen LogP contribution in [0.1, 0.15) is 12.0 Å². The minimum Gasteiger partial charge on any atom is -0.493 e. The molecule has 0 aliphatic heterocycles. The molecular formula is C19H22FNO3S. The number of aryl methyl sites for hydroxylation is 1. The van der Waals surface area contributed by atoms with Crippen molar-refractivity contribution in [1.82, 2.24) is 5.32 Å². The van der Waals surface area contributed by atoms with Gasteiger partial charge in [0.05, 0.1) is 7.11 Å². The Labute approximate surface area is 151 Å². The zero-order chi connectivity index (χ0) is 18.1. The second-order valence-electron chi connectivity index (χ2n) is 5.45. The van der Waals surface area contributed by atoms with Gasteiger partial charge in [-0.15, -0.1) is 11.8 Å². The van der Waals surface area contributed by atoms with Crippen LogP contribution in [0.5, 0.6) is 11.5 Å². The highest BCUT2D eigenvalue weighted by atomic mass is 32.2. The van der Waals surface area contributed by atoms with Gasteiger partial charge < -0.3 is 14.8 Å². The predicted molar refractivity (Wildman–Crippen MR) is 98.0 cm³/mol. The lowest BCUT2D eigenvalue weighted by atomic mass is 10.2. The molecule has 0 aliphatic rings. The largest absolute Gasteiger partial charge is 0.493 e. The number of rotatable bonds is 9. The summed E-state index contributed by atoms with van der Waals surface area (Å²) < 4.78 is 23.5. The van der Waals surface area contributed by atoms with Crippen molar-refractivity contribution in [2.24, 2.45) is 0 Å². The van der Waals surface area contributed by atoms with E-state index >= 15 is 0 Å². The van der Waals surface area contributed by atoms with Crippen LogP contribution in [0.25, 0.3) is 0 Å². The molecule has 0 unspecified atom stereocenters. The normalized spacial score (nSPS) is 10.4. The van der Waals surface area contributed by atoms with Crippen molar-refractivity contribution in [2.45, 2.75) is 18.2 Å². The van der Waals surface area contributed by atoms with Gasteiger partial charge in [-0.3, -0.25) is 4.79 Å². The van der Waals surface area contributed by atoms with Crippen LogP contribution in [0.2, 0.25) is 0 Å². The maximum Gasteiger partial charge on any atom is 0.257 e. The van der Waals surface area contributed by atoms with Gasteiger partial charge in [0.2, 0.25) is 0 Å². The molecule has 0 aliphatic carbocycles. The molecule has 2 rings (SSSR count). The fourth-order valence-electron chi connectivity index (χ4n) is 2.11. The summed E-state index contributed by atoms with van der Waals surface area (Å²) in [6.45, 7) is 2.48. The Balaban J connectivity index is 1.63. The van der Waals surface area contributed by atoms with Crippen molar-refractivity contribution in [3.05, 3.63) is 53.8 Å². The van der Waals surface area contributed by atoms with E-state index in [1.165, 1.54) is 12.1 Å². The molecule has 1 N–H and O–H groups in total. The zero-order valence-electron chi connectivity index (χ0n) is 14.4. The van der Waals surface area contributed by atoms with Gasteiger partial charge in [0.25, 0.3) is 5.91 Å². The number of hydrogen-bond donors (Lipinski definition) is 1. The zero-order valence-corrected chi connectivity index (χ0v) is 15.2. The van der Waals surface area contributed by atoms with E-state index < -0.39 is 0 Å². The highest BCUT2D eigenvalue weighted by molar-refractivity contribution is 7.99. The molecule has 0 aromatic heterocycles. The number of methoxy groups -OCH3 is 1. The maximum absolute atomic E-state index is 12.8. The lowest BCUT2D eigenvalue weighted by Gasteiger charge is -2.11. The van der Waals surface area contributed by atoms with Gasteiger partial charge in [-0.2, -0.15) is 0 Å². The SMILES string of the molecule is COc1cc(C)ccc1OCC(=O)NCCCSc1ccc(F)cc1. The molecule has 0 spiro atoms. The van der Waals surface area contributed by atoms with Crippen LogP contribution in [-0.4, -0.2) is 31.9 Å². The summed E-state index contributed by atoms with van der Waals surface area (Å²) in [5.41, 5.74) is 1.06. The smallest absolute Gasteiger partial charge is 0.257 e. The van der Waals surface area contributed by atoms with Crippen LogP contribution in [-0.2, 0) is 4.79 Å². The highest BCUT2D eigenvalue weighted by Gasteiger charge is 2.07. The Bertz CT molecular complexity index is 692.